The van der Waals surface area contributed by atoms with Crippen LogP contribution in [0.25, 0.3) is 0 Å². The van der Waals surface area contributed by atoms with Crippen molar-refractivity contribution in [3.8, 4) is 0 Å². The van der Waals surface area contributed by atoms with E-state index in [4.69, 9.17) is 24.1 Å². The fourth-order valence-corrected chi connectivity index (χ4v) is 3.47. The minimum Gasteiger partial charge on any atom is -0.475 e. The number of halogens is 3. The van der Waals surface area contributed by atoms with Crippen LogP contribution in [0.2, 0.25) is 0 Å². The van der Waals surface area contributed by atoms with Crippen LogP contribution in [0, 0.1) is 0 Å². The molecule has 1 aliphatic carbocycles. The number of carboxylic acid groups (broad SMARTS) is 1. The number of aliphatic carboxylic acids is 1. The van der Waals surface area contributed by atoms with E-state index >= 15 is 0 Å². The fourth-order valence-electron chi connectivity index (χ4n) is 3.47. The summed E-state index contributed by atoms with van der Waals surface area (Å²) in [6.45, 7) is 4.26. The van der Waals surface area contributed by atoms with E-state index in [2.05, 4.69) is 29.2 Å². The van der Waals surface area contributed by atoms with Crippen molar-refractivity contribution in [2.75, 3.05) is 33.4 Å². The highest BCUT2D eigenvalue weighted by molar-refractivity contribution is 5.73. The lowest BCUT2D eigenvalue weighted by Gasteiger charge is -2.38. The normalized spacial score (nSPS) is 24.9. The Morgan fingerprint density at radius 2 is 1.96 bits per heavy atom. The third kappa shape index (κ3) is 6.73. The van der Waals surface area contributed by atoms with Crippen LogP contribution in [0.1, 0.15) is 18.4 Å². The smallest absolute Gasteiger partial charge is 0.475 e. The van der Waals surface area contributed by atoms with Gasteiger partial charge in [0.2, 0.25) is 0 Å². The molecule has 0 bridgehead atoms. The molecule has 1 N–H and O–H groups in total. The van der Waals surface area contributed by atoms with Gasteiger partial charge in [-0.3, -0.25) is 4.90 Å². The van der Waals surface area contributed by atoms with Crippen molar-refractivity contribution in [2.45, 2.75) is 43.9 Å². The Morgan fingerprint density at radius 1 is 1.29 bits per heavy atom. The molecule has 158 valence electrons. The second-order valence-electron chi connectivity index (χ2n) is 6.63. The Hall–Kier alpha value is -1.68. The highest BCUT2D eigenvalue weighted by Gasteiger charge is 2.42. The topological polar surface area (TPSA) is 68.2 Å². The molecular weight excluding hydrogens is 379 g/mol. The standard InChI is InChI=1S/C17H25NO3.C2HF3O2/c1-19-16-8-7-15-17(16)21-12-10-18(15)9-11-20-13-14-5-3-2-4-6-14;3-2(4,5)1(6)7/h2-6,15-17H,7-13H2,1H3;(H,6,7)/t15-,16-,17+;/m0./s1. The van der Waals surface area contributed by atoms with Gasteiger partial charge in [-0.2, -0.15) is 13.2 Å². The molecule has 0 unspecified atom stereocenters. The molecule has 9 heteroatoms. The molecule has 2 fully saturated rings. The number of morpholine rings is 1. The summed E-state index contributed by atoms with van der Waals surface area (Å²) in [6, 6.07) is 10.8. The molecule has 0 amide bonds. The van der Waals surface area contributed by atoms with Crippen LogP contribution in [-0.4, -0.2) is 73.8 Å². The average Bonchev–Trinajstić information content (AvgIpc) is 3.10. The number of methoxy groups -OCH3 is 1. The monoisotopic (exact) mass is 405 g/mol. The Kier molecular flexibility index (Phi) is 8.68. The van der Waals surface area contributed by atoms with Crippen LogP contribution in [-0.2, 0) is 25.6 Å². The Labute approximate surface area is 162 Å². The first-order chi connectivity index (χ1) is 13.3. The Balaban J connectivity index is 0.000000345. The lowest BCUT2D eigenvalue weighted by molar-refractivity contribution is -0.192. The van der Waals surface area contributed by atoms with Gasteiger partial charge in [-0.15, -0.1) is 0 Å². The molecule has 1 saturated carbocycles. The van der Waals surface area contributed by atoms with Gasteiger partial charge in [-0.25, -0.2) is 4.79 Å². The summed E-state index contributed by atoms with van der Waals surface area (Å²) in [7, 11) is 1.79. The third-order valence-electron chi connectivity index (χ3n) is 4.83. The van der Waals surface area contributed by atoms with Gasteiger partial charge in [0.15, 0.2) is 0 Å². The number of fused-ring (bicyclic) bond motifs is 1. The highest BCUT2D eigenvalue weighted by atomic mass is 19.4. The van der Waals surface area contributed by atoms with Crippen LogP contribution in [0.15, 0.2) is 30.3 Å². The van der Waals surface area contributed by atoms with E-state index < -0.39 is 12.1 Å². The summed E-state index contributed by atoms with van der Waals surface area (Å²) < 4.78 is 49.0. The van der Waals surface area contributed by atoms with Crippen molar-refractivity contribution in [3.63, 3.8) is 0 Å². The van der Waals surface area contributed by atoms with E-state index in [1.165, 1.54) is 12.0 Å². The SMILES string of the molecule is CO[C@H]1CC[C@H]2[C@H]1OCCN2CCOCc1ccccc1.O=C(O)C(F)(F)F. The molecule has 1 aromatic carbocycles. The van der Waals surface area contributed by atoms with Crippen molar-refractivity contribution in [2.24, 2.45) is 0 Å². The summed E-state index contributed by atoms with van der Waals surface area (Å²) in [6.07, 6.45) is -2.30. The summed E-state index contributed by atoms with van der Waals surface area (Å²) >= 11 is 0. The van der Waals surface area contributed by atoms with Crippen molar-refractivity contribution in [1.29, 1.82) is 0 Å². The second-order valence-corrected chi connectivity index (χ2v) is 6.63. The summed E-state index contributed by atoms with van der Waals surface area (Å²) in [5, 5.41) is 7.12. The van der Waals surface area contributed by atoms with E-state index in [0.717, 1.165) is 32.7 Å². The zero-order valence-electron chi connectivity index (χ0n) is 15.7. The van der Waals surface area contributed by atoms with Gasteiger partial charge in [0.1, 0.15) is 0 Å². The van der Waals surface area contributed by atoms with Crippen LogP contribution in [0.3, 0.4) is 0 Å². The van der Waals surface area contributed by atoms with Gasteiger partial charge in [0.25, 0.3) is 0 Å². The molecule has 28 heavy (non-hydrogen) atoms. The first kappa shape index (κ1) is 22.6. The number of carbonyl (C=O) groups is 1. The number of ether oxygens (including phenoxy) is 3. The van der Waals surface area contributed by atoms with Gasteiger partial charge in [-0.1, -0.05) is 30.3 Å². The number of carboxylic acids is 1. The zero-order chi connectivity index (χ0) is 20.6. The van der Waals surface area contributed by atoms with E-state index in [9.17, 15) is 13.2 Å². The maximum absolute atomic E-state index is 10.6. The van der Waals surface area contributed by atoms with Crippen LogP contribution in [0.4, 0.5) is 13.2 Å². The Morgan fingerprint density at radius 3 is 2.57 bits per heavy atom. The minimum atomic E-state index is -5.08. The molecule has 6 nitrogen and oxygen atoms in total. The van der Waals surface area contributed by atoms with E-state index in [0.29, 0.717) is 12.6 Å². The van der Waals surface area contributed by atoms with Gasteiger partial charge < -0.3 is 19.3 Å². The first-order valence-electron chi connectivity index (χ1n) is 9.13. The molecule has 1 aliphatic heterocycles. The largest absolute Gasteiger partial charge is 0.490 e. The van der Waals surface area contributed by atoms with E-state index in [1.807, 2.05) is 6.07 Å². The molecule has 3 atom stereocenters. The van der Waals surface area contributed by atoms with E-state index in [-0.39, 0.29) is 12.2 Å². The summed E-state index contributed by atoms with van der Waals surface area (Å²) in [4.78, 5) is 11.4. The van der Waals surface area contributed by atoms with Crippen molar-refractivity contribution in [1.82, 2.24) is 4.90 Å². The number of hydrogen-bond acceptors (Lipinski definition) is 5. The molecule has 0 radical (unpaired) electrons. The molecule has 1 heterocycles. The second kappa shape index (κ2) is 10.8. The number of benzene rings is 1. The molecule has 0 aromatic heterocycles. The maximum Gasteiger partial charge on any atom is 0.490 e. The lowest BCUT2D eigenvalue weighted by Crippen LogP contribution is -2.52. The number of rotatable bonds is 6. The van der Waals surface area contributed by atoms with Gasteiger partial charge >= 0.3 is 12.1 Å². The van der Waals surface area contributed by atoms with Gasteiger partial charge in [-0.05, 0) is 18.4 Å². The highest BCUT2D eigenvalue weighted by Crippen LogP contribution is 2.31. The Bertz CT molecular complexity index is 599. The summed E-state index contributed by atoms with van der Waals surface area (Å²) in [5.74, 6) is -2.76. The maximum atomic E-state index is 10.6. The zero-order valence-corrected chi connectivity index (χ0v) is 15.7. The number of alkyl halides is 3. The fraction of sp³-hybridized carbons (Fsp3) is 0.632. The van der Waals surface area contributed by atoms with Gasteiger partial charge in [0.05, 0.1) is 32.0 Å². The quantitative estimate of drug-likeness (QED) is 0.734. The minimum absolute atomic E-state index is 0.248. The van der Waals surface area contributed by atoms with Crippen LogP contribution in [0.5, 0.6) is 0 Å². The van der Waals surface area contributed by atoms with Crippen molar-refractivity contribution in [3.05, 3.63) is 35.9 Å². The number of hydrogen-bond donors (Lipinski definition) is 1. The van der Waals surface area contributed by atoms with E-state index in [1.54, 1.807) is 7.11 Å². The van der Waals surface area contributed by atoms with Crippen molar-refractivity contribution < 1.29 is 37.3 Å². The van der Waals surface area contributed by atoms with Crippen molar-refractivity contribution >= 4 is 5.97 Å². The molecule has 2 aliphatic rings. The predicted molar refractivity (Wildman–Crippen MR) is 94.9 cm³/mol. The third-order valence-corrected chi connectivity index (χ3v) is 4.83. The van der Waals surface area contributed by atoms with Gasteiger partial charge in [0, 0.05) is 26.2 Å². The molecular formula is C19H26F3NO5. The molecule has 0 spiro atoms. The van der Waals surface area contributed by atoms with Crippen LogP contribution >= 0.6 is 0 Å². The number of nitrogens with zero attached hydrogens (tertiary/aromatic N) is 1. The molecule has 3 rings (SSSR count). The predicted octanol–water partition coefficient (Wildman–Crippen LogP) is 2.71. The van der Waals surface area contributed by atoms with Crippen LogP contribution < -0.4 is 0 Å². The first-order valence-corrected chi connectivity index (χ1v) is 9.13. The summed E-state index contributed by atoms with van der Waals surface area (Å²) in [5.41, 5.74) is 1.23. The molecule has 1 saturated heterocycles. The average molecular weight is 405 g/mol. The lowest BCUT2D eigenvalue weighted by atomic mass is 10.1. The molecule has 1 aromatic rings.